The van der Waals surface area contributed by atoms with Crippen molar-refractivity contribution in [3.8, 4) is 0 Å². The zero-order valence-corrected chi connectivity index (χ0v) is 13.2. The van der Waals surface area contributed by atoms with Crippen LogP contribution in [0, 0.1) is 5.92 Å². The summed E-state index contributed by atoms with van der Waals surface area (Å²) in [5, 5.41) is 14.0. The number of nitrogens with one attached hydrogen (secondary N) is 1. The molecule has 0 aliphatic rings. The second-order valence-corrected chi connectivity index (χ2v) is 5.93. The maximum absolute atomic E-state index is 9.75. The van der Waals surface area contributed by atoms with E-state index in [2.05, 4.69) is 19.2 Å². The fourth-order valence-corrected chi connectivity index (χ4v) is 2.00. The summed E-state index contributed by atoms with van der Waals surface area (Å²) in [6.45, 7) is 5.35. The molecule has 0 radical (unpaired) electrons. The summed E-state index contributed by atoms with van der Waals surface area (Å²) in [6.07, 6.45) is -0.607. The van der Waals surface area contributed by atoms with Crippen molar-refractivity contribution < 1.29 is 9.84 Å². The molecular weight excluding hydrogens is 309 g/mol. The Bertz CT molecular complexity index is 413. The van der Waals surface area contributed by atoms with Gasteiger partial charge in [-0.3, -0.25) is 0 Å². The van der Waals surface area contributed by atoms with E-state index in [0.717, 1.165) is 0 Å². The summed E-state index contributed by atoms with van der Waals surface area (Å²) in [6, 6.07) is 3.20. The van der Waals surface area contributed by atoms with Gasteiger partial charge in [0.25, 0.3) is 0 Å². The third-order valence-electron chi connectivity index (χ3n) is 2.30. The minimum atomic E-state index is -0.607. The van der Waals surface area contributed by atoms with Crippen LogP contribution < -0.4 is 5.32 Å². The van der Waals surface area contributed by atoms with Crippen molar-refractivity contribution >= 4 is 40.5 Å². The maximum atomic E-state index is 9.75. The van der Waals surface area contributed by atoms with Crippen molar-refractivity contribution in [3.63, 3.8) is 0 Å². The van der Waals surface area contributed by atoms with Crippen LogP contribution in [0.4, 0.5) is 5.69 Å². The van der Waals surface area contributed by atoms with E-state index >= 15 is 0 Å². The summed E-state index contributed by atoms with van der Waals surface area (Å²) >= 11 is 17.7. The number of anilines is 1. The SMILES string of the molecule is CC(C)COCC(O)CNc1cc(Cl)c(Cl)cc1Cl. The van der Waals surface area contributed by atoms with Crippen molar-refractivity contribution in [2.75, 3.05) is 25.1 Å². The fourth-order valence-electron chi connectivity index (χ4n) is 1.38. The second kappa shape index (κ2) is 8.18. The van der Waals surface area contributed by atoms with Gasteiger partial charge in [-0.05, 0) is 18.1 Å². The van der Waals surface area contributed by atoms with Crippen LogP contribution in [0.25, 0.3) is 0 Å². The molecule has 1 aromatic rings. The Kier molecular flexibility index (Phi) is 7.26. The number of rotatable bonds is 7. The third kappa shape index (κ3) is 6.19. The van der Waals surface area contributed by atoms with Gasteiger partial charge in [-0.25, -0.2) is 0 Å². The van der Waals surface area contributed by atoms with Crippen LogP contribution in [0.3, 0.4) is 0 Å². The van der Waals surface area contributed by atoms with Gasteiger partial charge in [0.05, 0.1) is 33.5 Å². The number of ether oxygens (including phenoxy) is 1. The van der Waals surface area contributed by atoms with Crippen LogP contribution in [-0.4, -0.2) is 31.0 Å². The van der Waals surface area contributed by atoms with Crippen molar-refractivity contribution in [1.29, 1.82) is 0 Å². The zero-order valence-electron chi connectivity index (χ0n) is 10.9. The summed E-state index contributed by atoms with van der Waals surface area (Å²) in [5.74, 6) is 0.449. The zero-order chi connectivity index (χ0) is 14.4. The van der Waals surface area contributed by atoms with Crippen molar-refractivity contribution in [3.05, 3.63) is 27.2 Å². The largest absolute Gasteiger partial charge is 0.389 e. The summed E-state index contributed by atoms with van der Waals surface area (Å²) in [7, 11) is 0. The van der Waals surface area contributed by atoms with Crippen LogP contribution in [0.5, 0.6) is 0 Å². The van der Waals surface area contributed by atoms with E-state index < -0.39 is 6.10 Å². The van der Waals surface area contributed by atoms with Gasteiger partial charge in [-0.15, -0.1) is 0 Å². The molecule has 0 bridgehead atoms. The Hall–Kier alpha value is -0.190. The lowest BCUT2D eigenvalue weighted by Crippen LogP contribution is -2.25. The van der Waals surface area contributed by atoms with Gasteiger partial charge in [0.2, 0.25) is 0 Å². The number of benzene rings is 1. The first-order valence-corrected chi connectivity index (χ1v) is 7.17. The number of hydrogen-bond acceptors (Lipinski definition) is 3. The van der Waals surface area contributed by atoms with Crippen LogP contribution >= 0.6 is 34.8 Å². The molecule has 0 saturated carbocycles. The number of aliphatic hydroxyl groups is 1. The molecule has 1 rings (SSSR count). The van der Waals surface area contributed by atoms with Crippen LogP contribution in [0.1, 0.15) is 13.8 Å². The Morgan fingerprint density at radius 2 is 1.74 bits per heavy atom. The summed E-state index contributed by atoms with van der Waals surface area (Å²) < 4.78 is 5.35. The Labute approximate surface area is 128 Å². The molecule has 0 aromatic heterocycles. The van der Waals surface area contributed by atoms with E-state index in [-0.39, 0.29) is 6.61 Å². The van der Waals surface area contributed by atoms with Gasteiger partial charge in [0, 0.05) is 13.2 Å². The second-order valence-electron chi connectivity index (χ2n) is 4.71. The first kappa shape index (κ1) is 16.9. The standard InChI is InChI=1S/C13H18Cl3NO2/c1-8(2)6-19-7-9(18)5-17-13-4-11(15)10(14)3-12(13)16/h3-4,8-9,17-18H,5-7H2,1-2H3. The minimum Gasteiger partial charge on any atom is -0.389 e. The normalized spacial score (nSPS) is 12.8. The molecular formula is C13H18Cl3NO2. The van der Waals surface area contributed by atoms with E-state index in [0.29, 0.717) is 39.8 Å². The Morgan fingerprint density at radius 3 is 2.37 bits per heavy atom. The third-order valence-corrected chi connectivity index (χ3v) is 3.33. The van der Waals surface area contributed by atoms with E-state index in [9.17, 15) is 5.11 Å². The number of aliphatic hydroxyl groups excluding tert-OH is 1. The lowest BCUT2D eigenvalue weighted by Gasteiger charge is -2.15. The summed E-state index contributed by atoms with van der Waals surface area (Å²) in [5.41, 5.74) is 0.638. The molecule has 3 nitrogen and oxygen atoms in total. The summed E-state index contributed by atoms with van der Waals surface area (Å²) in [4.78, 5) is 0. The predicted molar refractivity (Wildman–Crippen MR) is 81.6 cm³/mol. The smallest absolute Gasteiger partial charge is 0.0945 e. The van der Waals surface area contributed by atoms with Crippen LogP contribution in [-0.2, 0) is 4.74 Å². The molecule has 0 spiro atoms. The van der Waals surface area contributed by atoms with Gasteiger partial charge >= 0.3 is 0 Å². The molecule has 108 valence electrons. The van der Waals surface area contributed by atoms with Gasteiger partial charge in [-0.2, -0.15) is 0 Å². The predicted octanol–water partition coefficient (Wildman–Crippen LogP) is 4.09. The van der Waals surface area contributed by atoms with E-state index in [1.165, 1.54) is 0 Å². The average molecular weight is 327 g/mol. The average Bonchev–Trinajstić information content (AvgIpc) is 2.31. The molecule has 2 N–H and O–H groups in total. The Balaban J connectivity index is 2.42. The lowest BCUT2D eigenvalue weighted by atomic mass is 10.2. The number of halogens is 3. The topological polar surface area (TPSA) is 41.5 Å². The van der Waals surface area contributed by atoms with Gasteiger partial charge < -0.3 is 15.2 Å². The molecule has 19 heavy (non-hydrogen) atoms. The van der Waals surface area contributed by atoms with E-state index in [1.54, 1.807) is 12.1 Å². The molecule has 0 heterocycles. The lowest BCUT2D eigenvalue weighted by molar-refractivity contribution is 0.0318. The molecule has 0 fully saturated rings. The van der Waals surface area contributed by atoms with Crippen molar-refractivity contribution in [2.45, 2.75) is 20.0 Å². The molecule has 0 saturated heterocycles. The quantitative estimate of drug-likeness (QED) is 0.741. The van der Waals surface area contributed by atoms with E-state index in [1.807, 2.05) is 0 Å². The highest BCUT2D eigenvalue weighted by atomic mass is 35.5. The molecule has 0 amide bonds. The molecule has 0 aliphatic heterocycles. The van der Waals surface area contributed by atoms with Gasteiger partial charge in [0.15, 0.2) is 0 Å². The van der Waals surface area contributed by atoms with Crippen LogP contribution in [0.15, 0.2) is 12.1 Å². The highest BCUT2D eigenvalue weighted by Gasteiger charge is 2.09. The first-order chi connectivity index (χ1) is 8.90. The highest BCUT2D eigenvalue weighted by molar-refractivity contribution is 6.44. The first-order valence-electron chi connectivity index (χ1n) is 6.04. The van der Waals surface area contributed by atoms with Crippen molar-refractivity contribution in [1.82, 2.24) is 0 Å². The monoisotopic (exact) mass is 325 g/mol. The van der Waals surface area contributed by atoms with E-state index in [4.69, 9.17) is 39.5 Å². The molecule has 1 aromatic carbocycles. The van der Waals surface area contributed by atoms with Crippen LogP contribution in [0.2, 0.25) is 15.1 Å². The van der Waals surface area contributed by atoms with Crippen molar-refractivity contribution in [2.24, 2.45) is 5.92 Å². The number of hydrogen-bond donors (Lipinski definition) is 2. The Morgan fingerprint density at radius 1 is 1.11 bits per heavy atom. The molecule has 0 aliphatic carbocycles. The van der Waals surface area contributed by atoms with Gasteiger partial charge in [0.1, 0.15) is 0 Å². The van der Waals surface area contributed by atoms with Gasteiger partial charge in [-0.1, -0.05) is 48.7 Å². The minimum absolute atomic E-state index is 0.282. The highest BCUT2D eigenvalue weighted by Crippen LogP contribution is 2.32. The molecule has 1 atom stereocenters. The molecule has 1 unspecified atom stereocenters. The fraction of sp³-hybridized carbons (Fsp3) is 0.538. The molecule has 6 heteroatoms. The maximum Gasteiger partial charge on any atom is 0.0945 e.